The lowest BCUT2D eigenvalue weighted by Crippen LogP contribution is -2.61. The van der Waals surface area contributed by atoms with E-state index < -0.39 is 5.54 Å². The van der Waals surface area contributed by atoms with Crippen LogP contribution in [0, 0.1) is 0 Å². The molecule has 0 saturated carbocycles. The highest BCUT2D eigenvalue weighted by Gasteiger charge is 2.33. The number of ether oxygens (including phenoxy) is 1. The van der Waals surface area contributed by atoms with Gasteiger partial charge < -0.3 is 20.7 Å². The molecule has 5 nitrogen and oxygen atoms in total. The number of hydrogen-bond donors (Lipinski definition) is 2. The average molecular weight is 271 g/mol. The zero-order chi connectivity index (χ0) is 14.5. The van der Waals surface area contributed by atoms with Crippen LogP contribution in [0.5, 0.6) is 0 Å². The third-order valence-electron chi connectivity index (χ3n) is 3.53. The average Bonchev–Trinajstić information content (AvgIpc) is 2.28. The van der Waals surface area contributed by atoms with E-state index in [1.807, 2.05) is 27.8 Å². The number of likely N-dealkylation sites (N-methyl/N-ethyl adjacent to an activating group) is 1. The maximum absolute atomic E-state index is 11.7. The zero-order valence-electron chi connectivity index (χ0n) is 12.7. The Bertz CT molecular complexity index is 290. The number of carbonyl (C=O) groups excluding carboxylic acids is 1. The molecule has 0 radical (unpaired) electrons. The maximum atomic E-state index is 11.7. The van der Waals surface area contributed by atoms with Crippen LogP contribution < -0.4 is 11.1 Å². The highest BCUT2D eigenvalue weighted by molar-refractivity contribution is 5.84. The number of primary amides is 1. The first kappa shape index (κ1) is 16.4. The Kier molecular flexibility index (Phi) is 6.23. The van der Waals surface area contributed by atoms with E-state index in [0.29, 0.717) is 6.54 Å². The van der Waals surface area contributed by atoms with Crippen LogP contribution in [0.25, 0.3) is 0 Å². The lowest BCUT2D eigenvalue weighted by Gasteiger charge is -2.35. The van der Waals surface area contributed by atoms with Gasteiger partial charge in [-0.2, -0.15) is 0 Å². The number of nitrogens with two attached hydrogens (primary N) is 1. The summed E-state index contributed by atoms with van der Waals surface area (Å²) in [4.78, 5) is 13.8. The minimum Gasteiger partial charge on any atom is -0.377 e. The fraction of sp³-hybridized carbons (Fsp3) is 0.929. The van der Waals surface area contributed by atoms with Gasteiger partial charge in [-0.25, -0.2) is 0 Å². The predicted octanol–water partition coefficient (Wildman–Crippen LogP) is 0.729. The van der Waals surface area contributed by atoms with E-state index in [9.17, 15) is 4.79 Å². The third kappa shape index (κ3) is 5.47. The van der Waals surface area contributed by atoms with E-state index in [1.54, 1.807) is 0 Å². The Hall–Kier alpha value is -0.650. The van der Waals surface area contributed by atoms with E-state index in [4.69, 9.17) is 10.5 Å². The van der Waals surface area contributed by atoms with Crippen molar-refractivity contribution >= 4 is 5.91 Å². The van der Waals surface area contributed by atoms with Gasteiger partial charge in [0.05, 0.1) is 6.10 Å². The molecule has 1 saturated heterocycles. The van der Waals surface area contributed by atoms with Crippen molar-refractivity contribution in [3.05, 3.63) is 0 Å². The largest absolute Gasteiger partial charge is 0.377 e. The van der Waals surface area contributed by atoms with E-state index in [0.717, 1.165) is 26.0 Å². The van der Waals surface area contributed by atoms with Crippen LogP contribution in [0.2, 0.25) is 0 Å². The monoisotopic (exact) mass is 271 g/mol. The molecule has 0 aromatic heterocycles. The van der Waals surface area contributed by atoms with Crippen molar-refractivity contribution in [2.75, 3.05) is 26.7 Å². The van der Waals surface area contributed by atoms with Gasteiger partial charge in [0, 0.05) is 25.7 Å². The summed E-state index contributed by atoms with van der Waals surface area (Å²) < 4.78 is 5.73. The Balaban J connectivity index is 2.50. The number of nitrogens with one attached hydrogen (secondary N) is 1. The van der Waals surface area contributed by atoms with Gasteiger partial charge in [0.15, 0.2) is 0 Å². The molecule has 0 aromatic carbocycles. The van der Waals surface area contributed by atoms with E-state index in [2.05, 4.69) is 10.2 Å². The lowest BCUT2D eigenvalue weighted by atomic mass is 9.99. The van der Waals surface area contributed by atoms with Crippen molar-refractivity contribution < 1.29 is 9.53 Å². The topological polar surface area (TPSA) is 67.6 Å². The molecule has 1 aliphatic heterocycles. The molecule has 1 amide bonds. The SMILES string of the molecule is CC(C)NC(C)(CN(C)CC1CCCCO1)C(N)=O. The zero-order valence-corrected chi connectivity index (χ0v) is 12.7. The molecule has 0 spiro atoms. The maximum Gasteiger partial charge on any atom is 0.238 e. The summed E-state index contributed by atoms with van der Waals surface area (Å²) in [5.41, 5.74) is 4.84. The molecule has 0 bridgehead atoms. The second kappa shape index (κ2) is 7.22. The second-order valence-corrected chi connectivity index (χ2v) is 6.18. The molecule has 2 unspecified atom stereocenters. The van der Waals surface area contributed by atoms with Crippen LogP contribution in [-0.2, 0) is 9.53 Å². The molecule has 5 heteroatoms. The molecular weight excluding hydrogens is 242 g/mol. The van der Waals surface area contributed by atoms with Crippen molar-refractivity contribution in [3.8, 4) is 0 Å². The van der Waals surface area contributed by atoms with E-state index >= 15 is 0 Å². The molecule has 0 aromatic rings. The summed E-state index contributed by atoms with van der Waals surface area (Å²) in [5.74, 6) is -0.308. The second-order valence-electron chi connectivity index (χ2n) is 6.18. The molecule has 1 aliphatic rings. The first-order valence-corrected chi connectivity index (χ1v) is 7.21. The summed E-state index contributed by atoms with van der Waals surface area (Å²) in [6.07, 6.45) is 3.79. The van der Waals surface area contributed by atoms with Crippen LogP contribution in [0.15, 0.2) is 0 Å². The Labute approximate surface area is 116 Å². The first-order valence-electron chi connectivity index (χ1n) is 7.21. The van der Waals surface area contributed by atoms with Gasteiger partial charge in [0.2, 0.25) is 5.91 Å². The van der Waals surface area contributed by atoms with Crippen LogP contribution >= 0.6 is 0 Å². The van der Waals surface area contributed by atoms with Crippen molar-refractivity contribution in [1.29, 1.82) is 0 Å². The Morgan fingerprint density at radius 1 is 1.53 bits per heavy atom. The molecule has 19 heavy (non-hydrogen) atoms. The third-order valence-corrected chi connectivity index (χ3v) is 3.53. The van der Waals surface area contributed by atoms with Crippen LogP contribution in [-0.4, -0.2) is 55.2 Å². The first-order chi connectivity index (χ1) is 8.83. The number of carbonyl (C=O) groups is 1. The van der Waals surface area contributed by atoms with Gasteiger partial charge in [-0.3, -0.25) is 4.79 Å². The minimum atomic E-state index is -0.697. The summed E-state index contributed by atoms with van der Waals surface area (Å²) in [5, 5.41) is 3.27. The van der Waals surface area contributed by atoms with E-state index in [-0.39, 0.29) is 18.1 Å². The molecular formula is C14H29N3O2. The summed E-state index contributed by atoms with van der Waals surface area (Å²) >= 11 is 0. The van der Waals surface area contributed by atoms with E-state index in [1.165, 1.54) is 6.42 Å². The number of hydrogen-bond acceptors (Lipinski definition) is 4. The highest BCUT2D eigenvalue weighted by atomic mass is 16.5. The number of amides is 1. The fourth-order valence-electron chi connectivity index (χ4n) is 2.74. The van der Waals surface area contributed by atoms with Crippen molar-refractivity contribution in [1.82, 2.24) is 10.2 Å². The Morgan fingerprint density at radius 2 is 2.21 bits per heavy atom. The van der Waals surface area contributed by atoms with Gasteiger partial charge in [-0.15, -0.1) is 0 Å². The van der Waals surface area contributed by atoms with Crippen LogP contribution in [0.4, 0.5) is 0 Å². The van der Waals surface area contributed by atoms with Gasteiger partial charge in [-0.05, 0) is 47.1 Å². The van der Waals surface area contributed by atoms with Crippen LogP contribution in [0.3, 0.4) is 0 Å². The molecule has 2 atom stereocenters. The molecule has 1 heterocycles. The molecule has 112 valence electrons. The van der Waals surface area contributed by atoms with Gasteiger partial charge in [0.1, 0.15) is 5.54 Å². The lowest BCUT2D eigenvalue weighted by molar-refractivity contribution is -0.125. The van der Waals surface area contributed by atoms with Crippen molar-refractivity contribution in [3.63, 3.8) is 0 Å². The standard InChI is InChI=1S/C14H29N3O2/c1-11(2)16-14(3,13(15)18)10-17(4)9-12-7-5-6-8-19-12/h11-12,16H,5-10H2,1-4H3,(H2,15,18). The summed E-state index contributed by atoms with van der Waals surface area (Å²) in [7, 11) is 2.02. The molecule has 1 rings (SSSR count). The molecule has 3 N–H and O–H groups in total. The summed E-state index contributed by atoms with van der Waals surface area (Å²) in [6.45, 7) is 8.21. The molecule has 1 fully saturated rings. The minimum absolute atomic E-state index is 0.219. The van der Waals surface area contributed by atoms with Gasteiger partial charge in [-0.1, -0.05) is 0 Å². The smallest absolute Gasteiger partial charge is 0.238 e. The van der Waals surface area contributed by atoms with Gasteiger partial charge in [0.25, 0.3) is 0 Å². The quantitative estimate of drug-likeness (QED) is 0.716. The number of nitrogens with zero attached hydrogens (tertiary/aromatic N) is 1. The Morgan fingerprint density at radius 3 is 2.68 bits per heavy atom. The predicted molar refractivity (Wildman–Crippen MR) is 77.0 cm³/mol. The normalized spacial score (nSPS) is 23.6. The number of rotatable bonds is 7. The van der Waals surface area contributed by atoms with Crippen molar-refractivity contribution in [2.45, 2.75) is 57.7 Å². The fourth-order valence-corrected chi connectivity index (χ4v) is 2.74. The molecule has 0 aliphatic carbocycles. The van der Waals surface area contributed by atoms with Crippen LogP contribution in [0.1, 0.15) is 40.0 Å². The highest BCUT2D eigenvalue weighted by Crippen LogP contribution is 2.15. The van der Waals surface area contributed by atoms with Gasteiger partial charge >= 0.3 is 0 Å². The van der Waals surface area contributed by atoms with Crippen molar-refractivity contribution in [2.24, 2.45) is 5.73 Å². The summed E-state index contributed by atoms with van der Waals surface area (Å²) in [6, 6.07) is 0.219.